The summed E-state index contributed by atoms with van der Waals surface area (Å²) in [7, 11) is 0. The van der Waals surface area contributed by atoms with Gasteiger partial charge in [-0.2, -0.15) is 0 Å². The van der Waals surface area contributed by atoms with Gasteiger partial charge in [-0.15, -0.1) is 0 Å². The second kappa shape index (κ2) is 11.4. The van der Waals surface area contributed by atoms with Gasteiger partial charge in [0.2, 0.25) is 11.8 Å². The van der Waals surface area contributed by atoms with E-state index in [1.165, 1.54) is 0 Å². The van der Waals surface area contributed by atoms with Gasteiger partial charge in [-0.25, -0.2) is 4.79 Å². The van der Waals surface area contributed by atoms with E-state index < -0.39 is 48.5 Å². The maximum Gasteiger partial charge on any atom is 0.326 e. The van der Waals surface area contributed by atoms with Crippen molar-refractivity contribution >= 4 is 23.8 Å². The van der Waals surface area contributed by atoms with Gasteiger partial charge in [-0.1, -0.05) is 13.3 Å². The molecule has 0 saturated carbocycles. The summed E-state index contributed by atoms with van der Waals surface area (Å²) in [6.07, 6.45) is 0.989. The minimum absolute atomic E-state index is 0.0674. The van der Waals surface area contributed by atoms with Gasteiger partial charge in [0.25, 0.3) is 0 Å². The number of carboxylic acids is 2. The Bertz CT molecular complexity index is 456. The molecule has 0 unspecified atom stereocenters. The minimum Gasteiger partial charge on any atom is -0.480 e. The molecule has 0 aromatic carbocycles. The third kappa shape index (κ3) is 8.44. The van der Waals surface area contributed by atoms with Gasteiger partial charge >= 0.3 is 11.9 Å². The lowest BCUT2D eigenvalue weighted by atomic mass is 10.1. The third-order valence-corrected chi connectivity index (χ3v) is 3.26. The summed E-state index contributed by atoms with van der Waals surface area (Å²) < 4.78 is 0. The molecule has 0 aliphatic heterocycles. The zero-order chi connectivity index (χ0) is 18.7. The monoisotopic (exact) mass is 347 g/mol. The molecule has 10 nitrogen and oxygen atoms in total. The highest BCUT2D eigenvalue weighted by Gasteiger charge is 2.25. The highest BCUT2D eigenvalue weighted by atomic mass is 16.4. The van der Waals surface area contributed by atoms with E-state index in [1.54, 1.807) is 6.92 Å². The first-order chi connectivity index (χ1) is 11.2. The maximum atomic E-state index is 11.9. The number of hydrogen-bond donors (Lipinski definition) is 6. The van der Waals surface area contributed by atoms with Gasteiger partial charge in [0.05, 0.1) is 6.61 Å². The van der Waals surface area contributed by atoms with Crippen molar-refractivity contribution in [2.75, 3.05) is 6.61 Å². The molecule has 138 valence electrons. The second-order valence-electron chi connectivity index (χ2n) is 5.33. The van der Waals surface area contributed by atoms with Crippen molar-refractivity contribution < 1.29 is 34.5 Å². The molecule has 0 aliphatic rings. The first kappa shape index (κ1) is 21.8. The highest BCUT2D eigenvalue weighted by Crippen LogP contribution is 2.01. The van der Waals surface area contributed by atoms with Crippen LogP contribution in [0, 0.1) is 0 Å². The molecule has 0 aromatic rings. The molecule has 2 amide bonds. The standard InChI is InChI=1S/C14H25N3O7/c1-2-4-9(14(23)24)17-12(20)10(7-18)16-11(19)6-3-5-8(15)13(21)22/h8-10,18H,2-7,15H2,1H3,(H,16,19)(H,17,20)(H,21,22)(H,23,24)/t8-,9+,10-/m0/s1. The number of rotatable bonds is 12. The second-order valence-corrected chi connectivity index (χ2v) is 5.33. The molecule has 0 saturated heterocycles. The number of carbonyl (C=O) groups is 4. The summed E-state index contributed by atoms with van der Waals surface area (Å²) in [5.41, 5.74) is 5.30. The lowest BCUT2D eigenvalue weighted by Gasteiger charge is -2.19. The quantitative estimate of drug-likeness (QED) is 0.244. The van der Waals surface area contributed by atoms with Crippen molar-refractivity contribution in [1.82, 2.24) is 10.6 Å². The first-order valence-electron chi connectivity index (χ1n) is 7.64. The van der Waals surface area contributed by atoms with Crippen molar-refractivity contribution in [2.24, 2.45) is 5.73 Å². The molecule has 0 bridgehead atoms. The molecule has 3 atom stereocenters. The average molecular weight is 347 g/mol. The van der Waals surface area contributed by atoms with Gasteiger partial charge in [-0.05, 0) is 19.3 Å². The Kier molecular flexibility index (Phi) is 10.3. The minimum atomic E-state index is -1.27. The number of hydrogen-bond acceptors (Lipinski definition) is 6. The fraction of sp³-hybridized carbons (Fsp3) is 0.714. The predicted molar refractivity (Wildman–Crippen MR) is 83.0 cm³/mol. The Morgan fingerprint density at radius 2 is 1.62 bits per heavy atom. The SMILES string of the molecule is CCC[C@@H](NC(=O)[C@H](CO)NC(=O)CCC[C@H](N)C(=O)O)C(=O)O. The van der Waals surface area contributed by atoms with E-state index >= 15 is 0 Å². The molecule has 0 spiro atoms. The van der Waals surface area contributed by atoms with Crippen LogP contribution in [0.15, 0.2) is 0 Å². The third-order valence-electron chi connectivity index (χ3n) is 3.26. The van der Waals surface area contributed by atoms with E-state index in [4.69, 9.17) is 15.9 Å². The smallest absolute Gasteiger partial charge is 0.326 e. The molecule has 24 heavy (non-hydrogen) atoms. The van der Waals surface area contributed by atoms with Crippen LogP contribution in [0.2, 0.25) is 0 Å². The molecule has 0 radical (unpaired) electrons. The van der Waals surface area contributed by atoms with E-state index in [0.717, 1.165) is 0 Å². The summed E-state index contributed by atoms with van der Waals surface area (Å²) in [6.45, 7) is 1.07. The molecular formula is C14H25N3O7. The van der Waals surface area contributed by atoms with Crippen molar-refractivity contribution in [1.29, 1.82) is 0 Å². The highest BCUT2D eigenvalue weighted by molar-refractivity contribution is 5.90. The Hall–Kier alpha value is -2.20. The zero-order valence-corrected chi connectivity index (χ0v) is 13.5. The normalized spacial score (nSPS) is 14.3. The van der Waals surface area contributed by atoms with Crippen LogP contribution >= 0.6 is 0 Å². The summed E-state index contributed by atoms with van der Waals surface area (Å²) in [5, 5.41) is 31.3. The average Bonchev–Trinajstić information content (AvgIpc) is 2.51. The summed E-state index contributed by atoms with van der Waals surface area (Å²) in [4.78, 5) is 45.2. The van der Waals surface area contributed by atoms with Gasteiger partial charge in [0.1, 0.15) is 18.1 Å². The molecule has 0 rings (SSSR count). The molecule has 0 aromatic heterocycles. The predicted octanol–water partition coefficient (Wildman–Crippen LogP) is -1.58. The maximum absolute atomic E-state index is 11.9. The van der Waals surface area contributed by atoms with E-state index in [2.05, 4.69) is 10.6 Å². The van der Waals surface area contributed by atoms with Crippen LogP contribution in [0.4, 0.5) is 0 Å². The van der Waals surface area contributed by atoms with Gasteiger partial charge in [-0.3, -0.25) is 14.4 Å². The largest absolute Gasteiger partial charge is 0.480 e. The fourth-order valence-corrected chi connectivity index (χ4v) is 1.88. The molecule has 0 heterocycles. The number of nitrogens with one attached hydrogen (secondary N) is 2. The Balaban J connectivity index is 4.41. The van der Waals surface area contributed by atoms with Gasteiger partial charge in [0.15, 0.2) is 0 Å². The van der Waals surface area contributed by atoms with E-state index in [0.29, 0.717) is 6.42 Å². The number of aliphatic hydroxyl groups excluding tert-OH is 1. The number of nitrogens with two attached hydrogens (primary N) is 1. The lowest BCUT2D eigenvalue weighted by molar-refractivity contribution is -0.142. The fourth-order valence-electron chi connectivity index (χ4n) is 1.88. The lowest BCUT2D eigenvalue weighted by Crippen LogP contribution is -2.53. The Morgan fingerprint density at radius 3 is 2.08 bits per heavy atom. The number of carboxylic acid groups (broad SMARTS) is 2. The summed E-state index contributed by atoms with van der Waals surface area (Å²) >= 11 is 0. The van der Waals surface area contributed by atoms with Crippen LogP contribution in [0.3, 0.4) is 0 Å². The van der Waals surface area contributed by atoms with Gasteiger partial charge in [0, 0.05) is 6.42 Å². The topological polar surface area (TPSA) is 179 Å². The molecule has 0 aliphatic carbocycles. The van der Waals surface area contributed by atoms with Crippen LogP contribution in [0.1, 0.15) is 39.0 Å². The van der Waals surface area contributed by atoms with Crippen LogP contribution < -0.4 is 16.4 Å². The van der Waals surface area contributed by atoms with Crippen molar-refractivity contribution in [2.45, 2.75) is 57.2 Å². The Morgan fingerprint density at radius 1 is 1.00 bits per heavy atom. The van der Waals surface area contributed by atoms with Crippen LogP contribution in [-0.4, -0.2) is 63.8 Å². The van der Waals surface area contributed by atoms with Gasteiger partial charge < -0.3 is 31.7 Å². The van der Waals surface area contributed by atoms with E-state index in [1.807, 2.05) is 0 Å². The molecule has 10 heteroatoms. The van der Waals surface area contributed by atoms with Crippen molar-refractivity contribution in [3.05, 3.63) is 0 Å². The zero-order valence-electron chi connectivity index (χ0n) is 13.5. The number of aliphatic hydroxyl groups is 1. The summed E-state index contributed by atoms with van der Waals surface area (Å²) in [5.74, 6) is -3.73. The van der Waals surface area contributed by atoms with Crippen molar-refractivity contribution in [3.63, 3.8) is 0 Å². The number of amides is 2. The number of carbonyl (C=O) groups excluding carboxylic acids is 2. The van der Waals surface area contributed by atoms with E-state index in [-0.39, 0.29) is 25.7 Å². The van der Waals surface area contributed by atoms with Crippen LogP contribution in [0.5, 0.6) is 0 Å². The van der Waals surface area contributed by atoms with Crippen LogP contribution in [0.25, 0.3) is 0 Å². The molecule has 7 N–H and O–H groups in total. The number of aliphatic carboxylic acids is 2. The van der Waals surface area contributed by atoms with E-state index in [9.17, 15) is 24.3 Å². The van der Waals surface area contributed by atoms with Crippen LogP contribution in [-0.2, 0) is 19.2 Å². The first-order valence-corrected chi connectivity index (χ1v) is 7.64. The molecular weight excluding hydrogens is 322 g/mol. The molecule has 0 fully saturated rings. The summed E-state index contributed by atoms with van der Waals surface area (Å²) in [6, 6.07) is -3.44. The van der Waals surface area contributed by atoms with Crippen molar-refractivity contribution in [3.8, 4) is 0 Å². The Labute approximate surface area is 139 Å².